The van der Waals surface area contributed by atoms with E-state index in [2.05, 4.69) is 40.5 Å². The van der Waals surface area contributed by atoms with Crippen LogP contribution in [0.1, 0.15) is 56.9 Å². The lowest BCUT2D eigenvalue weighted by atomic mass is 9.86. The van der Waals surface area contributed by atoms with Gasteiger partial charge in [-0.1, -0.05) is 75.3 Å². The van der Waals surface area contributed by atoms with E-state index in [9.17, 15) is 0 Å². The first-order valence-corrected chi connectivity index (χ1v) is 9.90. The topological polar surface area (TPSA) is 15.3 Å². The Morgan fingerprint density at radius 2 is 1.83 bits per heavy atom. The molecule has 1 heterocycles. The summed E-state index contributed by atoms with van der Waals surface area (Å²) in [6.07, 6.45) is 13.0. The van der Waals surface area contributed by atoms with Crippen LogP contribution in [0, 0.1) is 5.92 Å². The van der Waals surface area contributed by atoms with Gasteiger partial charge in [0.1, 0.15) is 0 Å². The van der Waals surface area contributed by atoms with Gasteiger partial charge in [0.15, 0.2) is 0 Å². The lowest BCUT2D eigenvalue weighted by molar-refractivity contribution is 0.155. The Balaban J connectivity index is 1.39. The fraction of sp³-hybridized carbons (Fsp3) is 0.714. The molecule has 1 aromatic carbocycles. The molecule has 1 aromatic rings. The molecular formula is C21H34N2. The summed E-state index contributed by atoms with van der Waals surface area (Å²) in [6.45, 7) is 4.83. The van der Waals surface area contributed by atoms with Gasteiger partial charge >= 0.3 is 0 Å². The summed E-state index contributed by atoms with van der Waals surface area (Å²) >= 11 is 0. The molecule has 128 valence electrons. The molecule has 2 fully saturated rings. The predicted octanol–water partition coefficient (Wildman–Crippen LogP) is 4.25. The highest BCUT2D eigenvalue weighted by Gasteiger charge is 2.22. The first-order chi connectivity index (χ1) is 11.4. The minimum atomic E-state index is 0.681. The SMILES string of the molecule is c1ccc(C[C@H]2CNCCN2CCCCC2CCCCC2)cc1. The molecule has 1 N–H and O–H groups in total. The standard InChI is InChI=1S/C21H34N2/c1-3-9-19(10-4-1)11-7-8-15-23-16-14-22-18-21(23)17-20-12-5-2-6-13-20/h2,5-6,12-13,19,21-22H,1,3-4,7-11,14-18H2/t21-/m0/s1. The second-order valence-electron chi connectivity index (χ2n) is 7.58. The Hall–Kier alpha value is -0.860. The molecule has 2 nitrogen and oxygen atoms in total. The van der Waals surface area contributed by atoms with E-state index in [1.54, 1.807) is 0 Å². The number of piperazine rings is 1. The maximum Gasteiger partial charge on any atom is 0.0261 e. The first-order valence-electron chi connectivity index (χ1n) is 9.90. The lowest BCUT2D eigenvalue weighted by Crippen LogP contribution is -2.52. The van der Waals surface area contributed by atoms with E-state index in [-0.39, 0.29) is 0 Å². The molecule has 2 aliphatic rings. The summed E-state index contributed by atoms with van der Waals surface area (Å²) in [5.74, 6) is 1.05. The Labute approximate surface area is 142 Å². The number of nitrogens with zero attached hydrogens (tertiary/aromatic N) is 1. The maximum absolute atomic E-state index is 3.59. The highest BCUT2D eigenvalue weighted by atomic mass is 15.2. The third-order valence-corrected chi connectivity index (χ3v) is 5.82. The summed E-state index contributed by atoms with van der Waals surface area (Å²) in [6, 6.07) is 11.7. The van der Waals surface area contributed by atoms with E-state index in [0.717, 1.165) is 19.0 Å². The van der Waals surface area contributed by atoms with Crippen LogP contribution in [0.2, 0.25) is 0 Å². The summed E-state index contributed by atoms with van der Waals surface area (Å²) in [5.41, 5.74) is 1.48. The van der Waals surface area contributed by atoms with E-state index < -0.39 is 0 Å². The zero-order valence-electron chi connectivity index (χ0n) is 14.7. The Bertz CT molecular complexity index is 425. The largest absolute Gasteiger partial charge is 0.314 e. The van der Waals surface area contributed by atoms with Gasteiger partial charge in [-0.15, -0.1) is 0 Å². The average molecular weight is 315 g/mol. The van der Waals surface area contributed by atoms with Gasteiger partial charge < -0.3 is 5.32 Å². The van der Waals surface area contributed by atoms with Gasteiger partial charge in [0.2, 0.25) is 0 Å². The summed E-state index contributed by atoms with van der Waals surface area (Å²) < 4.78 is 0. The first kappa shape index (κ1) is 17.0. The monoisotopic (exact) mass is 314 g/mol. The molecule has 0 amide bonds. The van der Waals surface area contributed by atoms with Crippen LogP contribution in [0.5, 0.6) is 0 Å². The highest BCUT2D eigenvalue weighted by Crippen LogP contribution is 2.27. The number of benzene rings is 1. The van der Waals surface area contributed by atoms with Crippen LogP contribution in [0.25, 0.3) is 0 Å². The fourth-order valence-corrected chi connectivity index (χ4v) is 4.41. The van der Waals surface area contributed by atoms with Crippen molar-refractivity contribution in [2.75, 3.05) is 26.2 Å². The van der Waals surface area contributed by atoms with E-state index in [0.29, 0.717) is 6.04 Å². The van der Waals surface area contributed by atoms with Gasteiger partial charge in [-0.2, -0.15) is 0 Å². The van der Waals surface area contributed by atoms with Crippen molar-refractivity contribution in [2.24, 2.45) is 5.92 Å². The summed E-state index contributed by atoms with van der Waals surface area (Å²) in [4.78, 5) is 2.74. The van der Waals surface area contributed by atoms with Crippen LogP contribution in [-0.4, -0.2) is 37.1 Å². The Kier molecular flexibility index (Phi) is 6.97. The van der Waals surface area contributed by atoms with Crippen molar-refractivity contribution in [2.45, 2.75) is 63.8 Å². The smallest absolute Gasteiger partial charge is 0.0261 e. The normalized spacial score (nSPS) is 23.9. The van der Waals surface area contributed by atoms with Gasteiger partial charge in [0.25, 0.3) is 0 Å². The molecule has 3 rings (SSSR count). The molecule has 1 atom stereocenters. The second-order valence-corrected chi connectivity index (χ2v) is 7.58. The number of unbranched alkanes of at least 4 members (excludes halogenated alkanes) is 1. The quantitative estimate of drug-likeness (QED) is 0.757. The van der Waals surface area contributed by atoms with Crippen LogP contribution in [0.3, 0.4) is 0 Å². The van der Waals surface area contributed by atoms with Gasteiger partial charge in [0, 0.05) is 25.7 Å². The van der Waals surface area contributed by atoms with Crippen molar-refractivity contribution in [3.05, 3.63) is 35.9 Å². The number of rotatable bonds is 7. The molecule has 0 unspecified atom stereocenters. The Morgan fingerprint density at radius 3 is 2.65 bits per heavy atom. The molecule has 0 radical (unpaired) electrons. The van der Waals surface area contributed by atoms with Gasteiger partial charge in [-0.05, 0) is 30.9 Å². The zero-order valence-corrected chi connectivity index (χ0v) is 14.7. The van der Waals surface area contributed by atoms with E-state index in [4.69, 9.17) is 0 Å². The molecule has 1 saturated carbocycles. The van der Waals surface area contributed by atoms with Crippen LogP contribution in [-0.2, 0) is 6.42 Å². The number of nitrogens with one attached hydrogen (secondary N) is 1. The van der Waals surface area contributed by atoms with Gasteiger partial charge in [0.05, 0.1) is 0 Å². The van der Waals surface area contributed by atoms with Crippen molar-refractivity contribution in [3.8, 4) is 0 Å². The van der Waals surface area contributed by atoms with Crippen molar-refractivity contribution < 1.29 is 0 Å². The second kappa shape index (κ2) is 9.44. The molecule has 0 spiro atoms. The third-order valence-electron chi connectivity index (χ3n) is 5.82. The molecule has 1 aliphatic carbocycles. The van der Waals surface area contributed by atoms with Gasteiger partial charge in [-0.3, -0.25) is 4.90 Å². The molecule has 0 bridgehead atoms. The van der Waals surface area contributed by atoms with Crippen LogP contribution >= 0.6 is 0 Å². The molecule has 2 heteroatoms. The van der Waals surface area contributed by atoms with Crippen LogP contribution in [0.4, 0.5) is 0 Å². The zero-order chi connectivity index (χ0) is 15.7. The van der Waals surface area contributed by atoms with E-state index >= 15 is 0 Å². The molecule has 23 heavy (non-hydrogen) atoms. The third kappa shape index (κ3) is 5.61. The van der Waals surface area contributed by atoms with Crippen LogP contribution < -0.4 is 5.32 Å². The summed E-state index contributed by atoms with van der Waals surface area (Å²) in [7, 11) is 0. The van der Waals surface area contributed by atoms with Crippen molar-refractivity contribution in [1.29, 1.82) is 0 Å². The minimum absolute atomic E-state index is 0.681. The summed E-state index contributed by atoms with van der Waals surface area (Å²) in [5, 5.41) is 3.59. The van der Waals surface area contributed by atoms with Crippen LogP contribution in [0.15, 0.2) is 30.3 Å². The van der Waals surface area contributed by atoms with E-state index in [1.165, 1.54) is 76.4 Å². The highest BCUT2D eigenvalue weighted by molar-refractivity contribution is 5.16. The predicted molar refractivity (Wildman–Crippen MR) is 98.8 cm³/mol. The molecule has 1 aliphatic heterocycles. The van der Waals surface area contributed by atoms with Crippen molar-refractivity contribution in [1.82, 2.24) is 10.2 Å². The number of hydrogen-bond acceptors (Lipinski definition) is 2. The lowest BCUT2D eigenvalue weighted by Gasteiger charge is -2.36. The minimum Gasteiger partial charge on any atom is -0.314 e. The molecule has 1 saturated heterocycles. The van der Waals surface area contributed by atoms with Crippen molar-refractivity contribution >= 4 is 0 Å². The Morgan fingerprint density at radius 1 is 1.00 bits per heavy atom. The van der Waals surface area contributed by atoms with E-state index in [1.807, 2.05) is 0 Å². The maximum atomic E-state index is 3.59. The molecular weight excluding hydrogens is 280 g/mol. The molecule has 0 aromatic heterocycles. The average Bonchev–Trinajstić information content (AvgIpc) is 2.62. The van der Waals surface area contributed by atoms with Gasteiger partial charge in [-0.25, -0.2) is 0 Å². The van der Waals surface area contributed by atoms with Crippen molar-refractivity contribution in [3.63, 3.8) is 0 Å². The fourth-order valence-electron chi connectivity index (χ4n) is 4.41. The number of hydrogen-bond donors (Lipinski definition) is 1.